The van der Waals surface area contributed by atoms with E-state index in [1.807, 2.05) is 6.92 Å². The van der Waals surface area contributed by atoms with Crippen molar-refractivity contribution in [2.75, 3.05) is 19.8 Å². The number of benzene rings is 1. The summed E-state index contributed by atoms with van der Waals surface area (Å²) in [5.41, 5.74) is 0.562. The number of halogens is 1. The summed E-state index contributed by atoms with van der Waals surface area (Å²) in [6, 6.07) is 6.59. The van der Waals surface area contributed by atoms with Crippen molar-refractivity contribution in [2.45, 2.75) is 50.8 Å². The summed E-state index contributed by atoms with van der Waals surface area (Å²) >= 11 is 0. The van der Waals surface area contributed by atoms with Crippen molar-refractivity contribution in [2.24, 2.45) is 0 Å². The third kappa shape index (κ3) is 4.09. The van der Waals surface area contributed by atoms with Crippen LogP contribution in [0.15, 0.2) is 24.3 Å². The molecule has 0 spiro atoms. The van der Waals surface area contributed by atoms with Gasteiger partial charge in [-0.2, -0.15) is 0 Å². The molecule has 0 unspecified atom stereocenters. The van der Waals surface area contributed by atoms with Crippen molar-refractivity contribution in [3.63, 3.8) is 0 Å². The summed E-state index contributed by atoms with van der Waals surface area (Å²) in [4.78, 5) is 14.3. The molecule has 1 saturated carbocycles. The number of carbonyl (C=O) groups excluding carboxylic acids is 1. The van der Waals surface area contributed by atoms with Crippen LogP contribution in [-0.4, -0.2) is 42.8 Å². The van der Waals surface area contributed by atoms with Crippen LogP contribution in [0.3, 0.4) is 0 Å². The molecule has 2 atom stereocenters. The van der Waals surface area contributed by atoms with E-state index in [4.69, 9.17) is 9.47 Å². The van der Waals surface area contributed by atoms with Crippen LogP contribution < -0.4 is 0 Å². The maximum Gasteiger partial charge on any atom is 0.249 e. The average Bonchev–Trinajstić information content (AvgIpc) is 3.22. The molecule has 0 aromatic heterocycles. The zero-order chi connectivity index (χ0) is 16.2. The normalized spacial score (nSPS) is 22.1. The Morgan fingerprint density at radius 1 is 1.39 bits per heavy atom. The first-order valence-corrected chi connectivity index (χ1v) is 8.41. The molecule has 2 fully saturated rings. The summed E-state index contributed by atoms with van der Waals surface area (Å²) < 4.78 is 25.1. The van der Waals surface area contributed by atoms with Gasteiger partial charge >= 0.3 is 0 Å². The first-order valence-electron chi connectivity index (χ1n) is 8.41. The Morgan fingerprint density at radius 3 is 2.83 bits per heavy atom. The van der Waals surface area contributed by atoms with Gasteiger partial charge in [-0.05, 0) is 38.7 Å². The van der Waals surface area contributed by atoms with E-state index >= 15 is 0 Å². The highest BCUT2D eigenvalue weighted by Gasteiger charge is 2.36. The molecule has 5 heteroatoms. The highest BCUT2D eigenvalue weighted by molar-refractivity contribution is 5.78. The zero-order valence-corrected chi connectivity index (χ0v) is 13.5. The lowest BCUT2D eigenvalue weighted by Gasteiger charge is -2.30. The average molecular weight is 321 g/mol. The fourth-order valence-corrected chi connectivity index (χ4v) is 3.18. The van der Waals surface area contributed by atoms with Crippen molar-refractivity contribution in [3.05, 3.63) is 35.6 Å². The monoisotopic (exact) mass is 321 g/mol. The maximum absolute atomic E-state index is 14.0. The Kier molecular flexibility index (Phi) is 5.28. The summed E-state index contributed by atoms with van der Waals surface area (Å²) in [5, 5.41) is 0. The highest BCUT2D eigenvalue weighted by Crippen LogP contribution is 2.35. The van der Waals surface area contributed by atoms with Gasteiger partial charge in [-0.1, -0.05) is 18.2 Å². The molecular weight excluding hydrogens is 297 g/mol. The Labute approximate surface area is 136 Å². The van der Waals surface area contributed by atoms with E-state index < -0.39 is 0 Å². The van der Waals surface area contributed by atoms with Gasteiger partial charge in [-0.15, -0.1) is 0 Å². The minimum atomic E-state index is -0.275. The Balaban J connectivity index is 1.59. The molecule has 0 radical (unpaired) electrons. The van der Waals surface area contributed by atoms with Crippen molar-refractivity contribution in [1.82, 2.24) is 4.90 Å². The van der Waals surface area contributed by atoms with Crippen LogP contribution in [0.25, 0.3) is 0 Å². The van der Waals surface area contributed by atoms with Gasteiger partial charge < -0.3 is 14.4 Å². The van der Waals surface area contributed by atoms with E-state index in [0.29, 0.717) is 12.2 Å². The second-order valence-corrected chi connectivity index (χ2v) is 6.38. The van der Waals surface area contributed by atoms with E-state index in [1.165, 1.54) is 6.07 Å². The highest BCUT2D eigenvalue weighted by atomic mass is 19.1. The molecule has 1 aromatic rings. The van der Waals surface area contributed by atoms with Gasteiger partial charge in [0.15, 0.2) is 0 Å². The van der Waals surface area contributed by atoms with Crippen molar-refractivity contribution in [3.8, 4) is 0 Å². The molecule has 2 aliphatic rings. The maximum atomic E-state index is 14.0. The first-order chi connectivity index (χ1) is 11.2. The number of rotatable bonds is 7. The van der Waals surface area contributed by atoms with Crippen LogP contribution in [0.2, 0.25) is 0 Å². The predicted molar refractivity (Wildman–Crippen MR) is 84.5 cm³/mol. The van der Waals surface area contributed by atoms with Crippen molar-refractivity contribution < 1.29 is 18.7 Å². The van der Waals surface area contributed by atoms with Crippen LogP contribution in [0, 0.1) is 5.82 Å². The molecule has 1 aliphatic carbocycles. The minimum absolute atomic E-state index is 0.0369. The molecule has 1 saturated heterocycles. The van der Waals surface area contributed by atoms with E-state index in [9.17, 15) is 9.18 Å². The van der Waals surface area contributed by atoms with E-state index in [2.05, 4.69) is 0 Å². The topological polar surface area (TPSA) is 38.8 Å². The molecule has 23 heavy (non-hydrogen) atoms. The van der Waals surface area contributed by atoms with Gasteiger partial charge in [0.2, 0.25) is 5.91 Å². The number of hydrogen-bond acceptors (Lipinski definition) is 3. The standard InChI is InChI=1S/C18H24FNO3/c1-13(16-6-2-3-7-17(16)19)20(14-8-9-14)18(21)12-22-11-15-5-4-10-23-15/h2-3,6-7,13-15H,4-5,8-12H2,1H3/t13-,15+/m0/s1. The smallest absolute Gasteiger partial charge is 0.249 e. The van der Waals surface area contributed by atoms with Gasteiger partial charge in [0.05, 0.1) is 18.8 Å². The molecule has 126 valence electrons. The molecule has 1 aliphatic heterocycles. The second kappa shape index (κ2) is 7.41. The van der Waals surface area contributed by atoms with E-state index in [1.54, 1.807) is 23.1 Å². The van der Waals surface area contributed by atoms with Crippen LogP contribution >= 0.6 is 0 Å². The number of nitrogens with zero attached hydrogens (tertiary/aromatic N) is 1. The van der Waals surface area contributed by atoms with Gasteiger partial charge in [0.1, 0.15) is 12.4 Å². The Hall–Kier alpha value is -1.46. The predicted octanol–water partition coefficient (Wildman–Crippen LogP) is 3.07. The summed E-state index contributed by atoms with van der Waals surface area (Å²) in [6.45, 7) is 3.16. The van der Waals surface area contributed by atoms with Crippen LogP contribution in [0.4, 0.5) is 4.39 Å². The fourth-order valence-electron chi connectivity index (χ4n) is 3.18. The van der Waals surface area contributed by atoms with Gasteiger partial charge in [0, 0.05) is 18.2 Å². The number of ether oxygens (including phenoxy) is 2. The third-order valence-corrected chi connectivity index (χ3v) is 4.55. The minimum Gasteiger partial charge on any atom is -0.376 e. The SMILES string of the molecule is C[C@@H](c1ccccc1F)N(C(=O)COC[C@H]1CCCO1)C1CC1. The van der Waals surface area contributed by atoms with Crippen molar-refractivity contribution >= 4 is 5.91 Å². The third-order valence-electron chi connectivity index (χ3n) is 4.55. The molecule has 1 amide bonds. The van der Waals surface area contributed by atoms with Crippen LogP contribution in [0.1, 0.15) is 44.2 Å². The molecule has 4 nitrogen and oxygen atoms in total. The molecule has 1 heterocycles. The molecule has 0 bridgehead atoms. The summed E-state index contributed by atoms with van der Waals surface area (Å²) in [5.74, 6) is -0.333. The lowest BCUT2D eigenvalue weighted by Crippen LogP contribution is -2.38. The van der Waals surface area contributed by atoms with Crippen molar-refractivity contribution in [1.29, 1.82) is 0 Å². The van der Waals surface area contributed by atoms with Gasteiger partial charge in [-0.3, -0.25) is 4.79 Å². The van der Waals surface area contributed by atoms with Gasteiger partial charge in [0.25, 0.3) is 0 Å². The van der Waals surface area contributed by atoms with Crippen LogP contribution in [-0.2, 0) is 14.3 Å². The Morgan fingerprint density at radius 2 is 2.17 bits per heavy atom. The zero-order valence-electron chi connectivity index (χ0n) is 13.5. The quantitative estimate of drug-likeness (QED) is 0.775. The number of carbonyl (C=O) groups is 1. The fraction of sp³-hybridized carbons (Fsp3) is 0.611. The lowest BCUT2D eigenvalue weighted by molar-refractivity contribution is -0.140. The number of hydrogen-bond donors (Lipinski definition) is 0. The molecule has 1 aromatic carbocycles. The van der Waals surface area contributed by atoms with Gasteiger partial charge in [-0.25, -0.2) is 4.39 Å². The molecule has 3 rings (SSSR count). The molecule has 0 N–H and O–H groups in total. The lowest BCUT2D eigenvalue weighted by atomic mass is 10.1. The van der Waals surface area contributed by atoms with Crippen LogP contribution in [0.5, 0.6) is 0 Å². The second-order valence-electron chi connectivity index (χ2n) is 6.38. The largest absolute Gasteiger partial charge is 0.376 e. The summed E-state index contributed by atoms with van der Waals surface area (Å²) in [6.07, 6.45) is 4.13. The Bertz CT molecular complexity index is 541. The first kappa shape index (κ1) is 16.4. The van der Waals surface area contributed by atoms with E-state index in [-0.39, 0.29) is 36.5 Å². The summed E-state index contributed by atoms with van der Waals surface area (Å²) in [7, 11) is 0. The number of amides is 1. The van der Waals surface area contributed by atoms with E-state index in [0.717, 1.165) is 32.3 Å². The molecular formula is C18H24FNO3.